The number of sulfonamides is 1. The molecule has 3 aromatic rings. The topological polar surface area (TPSA) is 88.3 Å². The molecule has 0 fully saturated rings. The molecule has 0 spiro atoms. The van der Waals surface area contributed by atoms with Gasteiger partial charge in [0.1, 0.15) is 6.04 Å². The number of halogens is 1. The van der Waals surface area contributed by atoms with E-state index in [4.69, 9.17) is 16.3 Å². The van der Waals surface area contributed by atoms with Crippen molar-refractivity contribution in [2.45, 2.75) is 24.3 Å². The van der Waals surface area contributed by atoms with Gasteiger partial charge < -0.3 is 9.72 Å². The summed E-state index contributed by atoms with van der Waals surface area (Å²) < 4.78 is 32.7. The summed E-state index contributed by atoms with van der Waals surface area (Å²) in [6.45, 7) is 1.44. The Balaban J connectivity index is 1.69. The molecule has 0 aliphatic carbocycles. The van der Waals surface area contributed by atoms with Crippen molar-refractivity contribution in [1.29, 1.82) is 0 Å². The van der Waals surface area contributed by atoms with E-state index in [0.29, 0.717) is 18.1 Å². The summed E-state index contributed by atoms with van der Waals surface area (Å²) in [5.41, 5.74) is 1.77. The van der Waals surface area contributed by atoms with Gasteiger partial charge in [0.2, 0.25) is 10.0 Å². The largest absolute Gasteiger partial charge is 0.423 e. The second-order valence-electron chi connectivity index (χ2n) is 6.05. The van der Waals surface area contributed by atoms with Gasteiger partial charge in [-0.15, -0.1) is 11.6 Å². The molecule has 0 aliphatic heterocycles. The second-order valence-corrected chi connectivity index (χ2v) is 8.14. The molecule has 0 saturated heterocycles. The number of rotatable bonds is 7. The highest BCUT2D eigenvalue weighted by atomic mass is 35.5. The van der Waals surface area contributed by atoms with Gasteiger partial charge in [-0.1, -0.05) is 24.3 Å². The van der Waals surface area contributed by atoms with Crippen molar-refractivity contribution in [1.82, 2.24) is 9.71 Å². The Bertz CT molecular complexity index is 1050. The molecule has 1 heterocycles. The number of esters is 1. The lowest BCUT2D eigenvalue weighted by Crippen LogP contribution is -2.40. The maximum absolute atomic E-state index is 12.5. The molecule has 0 amide bonds. The number of aromatic nitrogens is 1. The molecule has 0 aliphatic rings. The Hall–Kier alpha value is -2.35. The highest BCUT2D eigenvalue weighted by Gasteiger charge is 2.24. The summed E-state index contributed by atoms with van der Waals surface area (Å²) in [6, 6.07) is 12.7. The van der Waals surface area contributed by atoms with Crippen LogP contribution in [0.5, 0.6) is 5.75 Å². The number of aromatic amines is 1. The number of hydrogen-bond acceptors (Lipinski definition) is 4. The Morgan fingerprint density at radius 2 is 1.89 bits per heavy atom. The van der Waals surface area contributed by atoms with E-state index in [2.05, 4.69) is 9.71 Å². The van der Waals surface area contributed by atoms with Gasteiger partial charge in [0.15, 0.2) is 5.75 Å². The van der Waals surface area contributed by atoms with Gasteiger partial charge in [0.25, 0.3) is 0 Å². The molecule has 0 saturated carbocycles. The number of H-pyrrole nitrogens is 1. The van der Waals surface area contributed by atoms with Crippen LogP contribution in [-0.4, -0.2) is 31.3 Å². The third-order valence-corrected chi connectivity index (χ3v) is 5.81. The fourth-order valence-electron chi connectivity index (χ4n) is 2.62. The first-order valence-corrected chi connectivity index (χ1v) is 10.4. The molecule has 1 aromatic heterocycles. The number of carbonyl (C=O) groups excluding carboxylic acids is 1. The van der Waals surface area contributed by atoms with Crippen LogP contribution in [0.3, 0.4) is 0 Å². The monoisotopic (exact) mass is 406 g/mol. The van der Waals surface area contributed by atoms with Crippen molar-refractivity contribution in [2.24, 2.45) is 0 Å². The van der Waals surface area contributed by atoms with E-state index >= 15 is 0 Å². The number of hydrogen-bond donors (Lipinski definition) is 2. The molecular formula is C19H19ClN2O4S. The number of para-hydroxylation sites is 1. The number of ether oxygens (including phenoxy) is 1. The van der Waals surface area contributed by atoms with Gasteiger partial charge in [-0.25, -0.2) is 13.2 Å². The second kappa shape index (κ2) is 8.12. The standard InChI is InChI=1S/C19H19ClN2O4S/c1-13(19(23)26-18-12-21-17-5-3-2-4-16(17)18)22-27(24,25)15-8-6-14(7-9-15)10-11-20/h2-9,12-13,21-22H,10-11H2,1H3/t13-/m0/s1. The molecule has 3 rings (SSSR count). The van der Waals surface area contributed by atoms with Gasteiger partial charge in [-0.2, -0.15) is 4.72 Å². The molecule has 2 N–H and O–H groups in total. The van der Waals surface area contributed by atoms with E-state index in [1.165, 1.54) is 19.1 Å². The maximum atomic E-state index is 12.5. The van der Waals surface area contributed by atoms with E-state index in [-0.39, 0.29) is 4.90 Å². The zero-order chi connectivity index (χ0) is 19.4. The van der Waals surface area contributed by atoms with Gasteiger partial charge in [-0.3, -0.25) is 0 Å². The van der Waals surface area contributed by atoms with Crippen LogP contribution in [0.4, 0.5) is 0 Å². The lowest BCUT2D eigenvalue weighted by Gasteiger charge is -2.13. The van der Waals surface area contributed by atoms with Crippen LogP contribution in [0.15, 0.2) is 59.6 Å². The molecule has 0 bridgehead atoms. The van der Waals surface area contributed by atoms with Crippen LogP contribution in [0.1, 0.15) is 12.5 Å². The van der Waals surface area contributed by atoms with Crippen LogP contribution >= 0.6 is 11.6 Å². The quantitative estimate of drug-likeness (QED) is 0.465. The maximum Gasteiger partial charge on any atom is 0.329 e. The molecule has 142 valence electrons. The number of nitrogens with one attached hydrogen (secondary N) is 2. The van der Waals surface area contributed by atoms with Crippen LogP contribution < -0.4 is 9.46 Å². The highest BCUT2D eigenvalue weighted by Crippen LogP contribution is 2.25. The summed E-state index contributed by atoms with van der Waals surface area (Å²) in [4.78, 5) is 15.4. The first-order valence-electron chi connectivity index (χ1n) is 8.36. The minimum Gasteiger partial charge on any atom is -0.423 e. The molecule has 8 heteroatoms. The van der Waals surface area contributed by atoms with Crippen LogP contribution in [0.25, 0.3) is 10.9 Å². The van der Waals surface area contributed by atoms with Gasteiger partial charge in [0, 0.05) is 23.0 Å². The van der Waals surface area contributed by atoms with Crippen LogP contribution in [0, 0.1) is 0 Å². The smallest absolute Gasteiger partial charge is 0.329 e. The Morgan fingerprint density at radius 3 is 2.59 bits per heavy atom. The number of fused-ring (bicyclic) bond motifs is 1. The van der Waals surface area contributed by atoms with Gasteiger partial charge in [-0.05, 0) is 43.2 Å². The first kappa shape index (κ1) is 19.4. The van der Waals surface area contributed by atoms with Crippen molar-refractivity contribution >= 4 is 38.5 Å². The zero-order valence-electron chi connectivity index (χ0n) is 14.6. The molecule has 0 unspecified atom stereocenters. The molecule has 1 atom stereocenters. The van der Waals surface area contributed by atoms with Gasteiger partial charge >= 0.3 is 5.97 Å². The number of alkyl halides is 1. The lowest BCUT2D eigenvalue weighted by molar-refractivity contribution is -0.135. The van der Waals surface area contributed by atoms with Crippen molar-refractivity contribution < 1.29 is 17.9 Å². The van der Waals surface area contributed by atoms with Crippen molar-refractivity contribution in [2.75, 3.05) is 5.88 Å². The van der Waals surface area contributed by atoms with E-state index in [0.717, 1.165) is 16.5 Å². The molecular weight excluding hydrogens is 388 g/mol. The summed E-state index contributed by atoms with van der Waals surface area (Å²) in [5.74, 6) is 0.121. The first-order chi connectivity index (χ1) is 12.9. The van der Waals surface area contributed by atoms with Gasteiger partial charge in [0.05, 0.1) is 4.90 Å². The van der Waals surface area contributed by atoms with E-state index in [9.17, 15) is 13.2 Å². The molecule has 0 radical (unpaired) electrons. The minimum absolute atomic E-state index is 0.0765. The zero-order valence-corrected chi connectivity index (χ0v) is 16.2. The van der Waals surface area contributed by atoms with E-state index < -0.39 is 22.0 Å². The minimum atomic E-state index is -3.85. The summed E-state index contributed by atoms with van der Waals surface area (Å²) in [7, 11) is -3.85. The van der Waals surface area contributed by atoms with Crippen molar-refractivity contribution in [3.63, 3.8) is 0 Å². The van der Waals surface area contributed by atoms with Crippen molar-refractivity contribution in [3.05, 3.63) is 60.3 Å². The summed E-state index contributed by atoms with van der Waals surface area (Å²) in [5, 5.41) is 0.746. The highest BCUT2D eigenvalue weighted by molar-refractivity contribution is 7.89. The number of benzene rings is 2. The average Bonchev–Trinajstić information content (AvgIpc) is 3.05. The molecule has 2 aromatic carbocycles. The molecule has 27 heavy (non-hydrogen) atoms. The Labute approximate surface area is 162 Å². The SMILES string of the molecule is C[C@H](NS(=O)(=O)c1ccc(CCCl)cc1)C(=O)Oc1c[nH]c2ccccc12. The average molecular weight is 407 g/mol. The summed E-state index contributed by atoms with van der Waals surface area (Å²) in [6.07, 6.45) is 2.22. The number of aryl methyl sites for hydroxylation is 1. The Morgan fingerprint density at radius 1 is 1.19 bits per heavy atom. The van der Waals surface area contributed by atoms with Crippen molar-refractivity contribution in [3.8, 4) is 5.75 Å². The number of carbonyl (C=O) groups is 1. The summed E-state index contributed by atoms with van der Waals surface area (Å²) >= 11 is 5.68. The third-order valence-electron chi connectivity index (χ3n) is 4.06. The fraction of sp³-hybridized carbons (Fsp3) is 0.211. The molecule has 6 nitrogen and oxygen atoms in total. The lowest BCUT2D eigenvalue weighted by atomic mass is 10.2. The van der Waals surface area contributed by atoms with Crippen LogP contribution in [0.2, 0.25) is 0 Å². The van der Waals surface area contributed by atoms with E-state index in [1.54, 1.807) is 18.3 Å². The normalized spacial score (nSPS) is 12.8. The Kier molecular flexibility index (Phi) is 5.84. The predicted molar refractivity (Wildman–Crippen MR) is 105 cm³/mol. The third kappa shape index (κ3) is 4.50. The predicted octanol–water partition coefficient (Wildman–Crippen LogP) is 3.22. The van der Waals surface area contributed by atoms with E-state index in [1.807, 2.05) is 24.3 Å². The van der Waals surface area contributed by atoms with Crippen LogP contribution in [-0.2, 0) is 21.2 Å². The fourth-order valence-corrected chi connectivity index (χ4v) is 4.03.